The fourth-order valence-corrected chi connectivity index (χ4v) is 1.41. The van der Waals surface area contributed by atoms with Crippen molar-refractivity contribution in [3.05, 3.63) is 53.7 Å². The maximum Gasteiger partial charge on any atom is 0.100 e. The smallest absolute Gasteiger partial charge is 0.100 e. The second kappa shape index (κ2) is 4.28. The minimum atomic E-state index is -0.566. The van der Waals surface area contributed by atoms with Crippen LogP contribution in [0.1, 0.15) is 22.9 Å². The number of aliphatic hydroxyl groups is 1. The summed E-state index contributed by atoms with van der Waals surface area (Å²) in [6, 6.07) is 5.64. The second-order valence-electron chi connectivity index (χ2n) is 3.61. The van der Waals surface area contributed by atoms with Crippen LogP contribution in [0, 0.1) is 6.92 Å². The summed E-state index contributed by atoms with van der Waals surface area (Å²) in [6.45, 7) is 1.97. The number of aliphatic hydroxyl groups excluding tert-OH is 1. The lowest BCUT2D eigenvalue weighted by Gasteiger charge is -2.08. The van der Waals surface area contributed by atoms with Gasteiger partial charge in [0.1, 0.15) is 6.10 Å². The Kier molecular flexibility index (Phi) is 2.83. The van der Waals surface area contributed by atoms with E-state index in [9.17, 15) is 5.11 Å². The van der Waals surface area contributed by atoms with Gasteiger partial charge in [-0.15, -0.1) is 0 Å². The first-order valence-corrected chi connectivity index (χ1v) is 4.87. The first kappa shape index (κ1) is 9.93. The van der Waals surface area contributed by atoms with Gasteiger partial charge in [-0.05, 0) is 30.2 Å². The van der Waals surface area contributed by atoms with Gasteiger partial charge >= 0.3 is 0 Å². The van der Waals surface area contributed by atoms with Crippen LogP contribution >= 0.6 is 0 Å². The molecular weight excluding hydrogens is 190 g/mol. The van der Waals surface area contributed by atoms with Gasteiger partial charge in [-0.25, -0.2) is 0 Å². The van der Waals surface area contributed by atoms with E-state index in [0.717, 1.165) is 11.1 Å². The van der Waals surface area contributed by atoms with Crippen molar-refractivity contribution in [1.82, 2.24) is 4.98 Å². The van der Waals surface area contributed by atoms with E-state index < -0.39 is 6.10 Å². The number of hydrogen-bond acceptors (Lipinski definition) is 3. The van der Waals surface area contributed by atoms with E-state index in [4.69, 9.17) is 4.42 Å². The number of nitrogens with zero attached hydrogens (tertiary/aromatic N) is 1. The summed E-state index contributed by atoms with van der Waals surface area (Å²) >= 11 is 0. The predicted octanol–water partition coefficient (Wildman–Crippen LogP) is 2.26. The van der Waals surface area contributed by atoms with Gasteiger partial charge < -0.3 is 9.52 Å². The molecule has 1 atom stereocenters. The van der Waals surface area contributed by atoms with Crippen LogP contribution in [0.5, 0.6) is 0 Å². The lowest BCUT2D eigenvalue weighted by Crippen LogP contribution is -2.03. The molecule has 0 aliphatic carbocycles. The Labute approximate surface area is 88.4 Å². The van der Waals surface area contributed by atoms with Crippen LogP contribution in [0.3, 0.4) is 0 Å². The summed E-state index contributed by atoms with van der Waals surface area (Å²) in [5.74, 6) is 0. The third-order valence-electron chi connectivity index (χ3n) is 2.28. The summed E-state index contributed by atoms with van der Waals surface area (Å²) < 4.78 is 4.94. The van der Waals surface area contributed by atoms with Gasteiger partial charge in [0.25, 0.3) is 0 Å². The molecular formula is C12H13NO2. The molecule has 0 spiro atoms. The van der Waals surface area contributed by atoms with Crippen molar-refractivity contribution in [2.24, 2.45) is 0 Å². The third kappa shape index (κ3) is 2.44. The number of hydrogen-bond donors (Lipinski definition) is 1. The molecule has 0 amide bonds. The van der Waals surface area contributed by atoms with Gasteiger partial charge in [-0.3, -0.25) is 4.98 Å². The molecule has 2 rings (SSSR count). The van der Waals surface area contributed by atoms with E-state index in [1.165, 1.54) is 0 Å². The van der Waals surface area contributed by atoms with Crippen molar-refractivity contribution >= 4 is 0 Å². The highest BCUT2D eigenvalue weighted by Gasteiger charge is 2.10. The van der Waals surface area contributed by atoms with Gasteiger partial charge in [0.15, 0.2) is 0 Å². The first-order valence-electron chi connectivity index (χ1n) is 4.87. The SMILES string of the molecule is Cc1ccc(C(O)Cc2ccoc2)nc1. The van der Waals surface area contributed by atoms with E-state index in [0.29, 0.717) is 12.1 Å². The molecule has 0 aliphatic rings. The molecule has 0 saturated carbocycles. The predicted molar refractivity (Wildman–Crippen MR) is 56.3 cm³/mol. The molecule has 2 heterocycles. The van der Waals surface area contributed by atoms with Gasteiger partial charge in [0.2, 0.25) is 0 Å². The highest BCUT2D eigenvalue weighted by molar-refractivity contribution is 5.16. The fourth-order valence-electron chi connectivity index (χ4n) is 1.41. The monoisotopic (exact) mass is 203 g/mol. The zero-order chi connectivity index (χ0) is 10.7. The zero-order valence-corrected chi connectivity index (χ0v) is 8.55. The fraction of sp³-hybridized carbons (Fsp3) is 0.250. The molecule has 1 unspecified atom stereocenters. The molecule has 0 aromatic carbocycles. The topological polar surface area (TPSA) is 46.3 Å². The maximum atomic E-state index is 9.88. The molecule has 3 nitrogen and oxygen atoms in total. The normalized spacial score (nSPS) is 12.7. The summed E-state index contributed by atoms with van der Waals surface area (Å²) in [5, 5.41) is 9.88. The minimum absolute atomic E-state index is 0.534. The van der Waals surface area contributed by atoms with Crippen LogP contribution < -0.4 is 0 Å². The molecule has 78 valence electrons. The number of furan rings is 1. The van der Waals surface area contributed by atoms with Crippen LogP contribution in [0.15, 0.2) is 41.3 Å². The molecule has 1 N–H and O–H groups in total. The highest BCUT2D eigenvalue weighted by Crippen LogP contribution is 2.16. The van der Waals surface area contributed by atoms with Gasteiger partial charge in [-0.2, -0.15) is 0 Å². The van der Waals surface area contributed by atoms with Crippen molar-refractivity contribution < 1.29 is 9.52 Å². The number of aromatic nitrogens is 1. The van der Waals surface area contributed by atoms with Gasteiger partial charge in [0.05, 0.1) is 18.2 Å². The second-order valence-corrected chi connectivity index (χ2v) is 3.61. The zero-order valence-electron chi connectivity index (χ0n) is 8.55. The summed E-state index contributed by atoms with van der Waals surface area (Å²) in [4.78, 5) is 4.18. The van der Waals surface area contributed by atoms with Crippen molar-refractivity contribution in [2.75, 3.05) is 0 Å². The Balaban J connectivity index is 2.08. The number of aryl methyl sites for hydroxylation is 1. The van der Waals surface area contributed by atoms with Crippen molar-refractivity contribution in [3.8, 4) is 0 Å². The summed E-state index contributed by atoms with van der Waals surface area (Å²) in [6.07, 6.45) is 4.96. The van der Waals surface area contributed by atoms with Gasteiger partial charge in [-0.1, -0.05) is 6.07 Å². The third-order valence-corrected chi connectivity index (χ3v) is 2.28. The lowest BCUT2D eigenvalue weighted by molar-refractivity contribution is 0.173. The highest BCUT2D eigenvalue weighted by atomic mass is 16.3. The quantitative estimate of drug-likeness (QED) is 0.832. The van der Waals surface area contributed by atoms with Crippen LogP contribution in [0.4, 0.5) is 0 Å². The van der Waals surface area contributed by atoms with Crippen molar-refractivity contribution in [3.63, 3.8) is 0 Å². The van der Waals surface area contributed by atoms with Crippen LogP contribution in [0.25, 0.3) is 0 Å². The van der Waals surface area contributed by atoms with Crippen molar-refractivity contribution in [2.45, 2.75) is 19.4 Å². The Morgan fingerprint density at radius 3 is 2.87 bits per heavy atom. The molecule has 0 radical (unpaired) electrons. The average molecular weight is 203 g/mol. The van der Waals surface area contributed by atoms with E-state index >= 15 is 0 Å². The molecule has 2 aromatic heterocycles. The Hall–Kier alpha value is -1.61. The lowest BCUT2D eigenvalue weighted by atomic mass is 10.1. The Morgan fingerprint density at radius 1 is 1.40 bits per heavy atom. The van der Waals surface area contributed by atoms with E-state index in [-0.39, 0.29) is 0 Å². The molecule has 15 heavy (non-hydrogen) atoms. The van der Waals surface area contributed by atoms with E-state index in [2.05, 4.69) is 4.98 Å². The minimum Gasteiger partial charge on any atom is -0.472 e. The molecule has 3 heteroatoms. The molecule has 0 aliphatic heterocycles. The molecule has 0 fully saturated rings. The summed E-state index contributed by atoms with van der Waals surface area (Å²) in [5.41, 5.74) is 2.76. The average Bonchev–Trinajstić information content (AvgIpc) is 2.71. The summed E-state index contributed by atoms with van der Waals surface area (Å²) in [7, 11) is 0. The van der Waals surface area contributed by atoms with Crippen molar-refractivity contribution in [1.29, 1.82) is 0 Å². The molecule has 0 saturated heterocycles. The largest absolute Gasteiger partial charge is 0.472 e. The maximum absolute atomic E-state index is 9.88. The molecule has 2 aromatic rings. The van der Waals surface area contributed by atoms with E-state index in [1.807, 2.05) is 25.1 Å². The standard InChI is InChI=1S/C12H13NO2/c1-9-2-3-11(13-7-9)12(14)6-10-4-5-15-8-10/h2-5,7-8,12,14H,6H2,1H3. The van der Waals surface area contributed by atoms with Crippen LogP contribution in [-0.2, 0) is 6.42 Å². The Morgan fingerprint density at radius 2 is 2.27 bits per heavy atom. The van der Waals surface area contributed by atoms with Crippen LogP contribution in [0.2, 0.25) is 0 Å². The van der Waals surface area contributed by atoms with Crippen LogP contribution in [-0.4, -0.2) is 10.1 Å². The number of pyridine rings is 1. The number of rotatable bonds is 3. The molecule has 0 bridgehead atoms. The van der Waals surface area contributed by atoms with Gasteiger partial charge in [0, 0.05) is 12.6 Å². The van der Waals surface area contributed by atoms with E-state index in [1.54, 1.807) is 18.7 Å². The first-order chi connectivity index (χ1) is 7.25. The Bertz CT molecular complexity index is 406.